The summed E-state index contributed by atoms with van der Waals surface area (Å²) in [5.74, 6) is -0.945. The summed E-state index contributed by atoms with van der Waals surface area (Å²) in [5.41, 5.74) is 1.88. The molecule has 1 amide bonds. The Morgan fingerprint density at radius 3 is 2.79 bits per heavy atom. The zero-order chi connectivity index (χ0) is 14.0. The lowest BCUT2D eigenvalue weighted by molar-refractivity contribution is -0.119. The third-order valence-corrected chi connectivity index (χ3v) is 3.33. The highest BCUT2D eigenvalue weighted by molar-refractivity contribution is 5.97. The van der Waals surface area contributed by atoms with Crippen LogP contribution in [0.4, 0.5) is 5.69 Å². The van der Waals surface area contributed by atoms with Crippen LogP contribution in [-0.4, -0.2) is 35.2 Å². The summed E-state index contributed by atoms with van der Waals surface area (Å²) in [6.45, 7) is 2.34. The van der Waals surface area contributed by atoms with E-state index < -0.39 is 5.97 Å². The average molecular weight is 263 g/mol. The Hall–Kier alpha value is -1.88. The number of anilines is 1. The minimum atomic E-state index is -0.963. The van der Waals surface area contributed by atoms with E-state index in [4.69, 9.17) is 10.2 Å². The van der Waals surface area contributed by atoms with Gasteiger partial charge in [-0.2, -0.15) is 0 Å². The van der Waals surface area contributed by atoms with Crippen molar-refractivity contribution in [1.82, 2.24) is 0 Å². The lowest BCUT2D eigenvalue weighted by atomic mass is 9.97. The molecule has 1 heterocycles. The number of aliphatic hydroxyl groups is 1. The number of carbonyl (C=O) groups excluding carboxylic acids is 1. The predicted octanol–water partition coefficient (Wildman–Crippen LogP) is 1.29. The van der Waals surface area contributed by atoms with Crippen LogP contribution in [0.5, 0.6) is 0 Å². The SMILES string of the molecule is CC(CO)CN1C(=O)CCc2cc(C(=O)O)ccc21. The number of nitrogens with zero attached hydrogens (tertiary/aromatic N) is 1. The highest BCUT2D eigenvalue weighted by Gasteiger charge is 2.25. The zero-order valence-electron chi connectivity index (χ0n) is 10.8. The Labute approximate surface area is 111 Å². The van der Waals surface area contributed by atoms with Gasteiger partial charge in [-0.1, -0.05) is 6.92 Å². The lowest BCUT2D eigenvalue weighted by Crippen LogP contribution is -2.39. The first-order valence-corrected chi connectivity index (χ1v) is 6.30. The van der Waals surface area contributed by atoms with Gasteiger partial charge in [-0.05, 0) is 36.1 Å². The van der Waals surface area contributed by atoms with Crippen LogP contribution in [0.25, 0.3) is 0 Å². The van der Waals surface area contributed by atoms with Gasteiger partial charge in [0.25, 0.3) is 0 Å². The molecule has 1 aliphatic rings. The van der Waals surface area contributed by atoms with Crippen LogP contribution in [-0.2, 0) is 11.2 Å². The van der Waals surface area contributed by atoms with Gasteiger partial charge in [0.1, 0.15) is 0 Å². The van der Waals surface area contributed by atoms with E-state index in [0.717, 1.165) is 11.3 Å². The number of aryl methyl sites for hydroxylation is 1. The summed E-state index contributed by atoms with van der Waals surface area (Å²) in [6.07, 6.45) is 0.952. The Kier molecular flexibility index (Phi) is 3.85. The van der Waals surface area contributed by atoms with Crippen LogP contribution >= 0.6 is 0 Å². The van der Waals surface area contributed by atoms with Crippen molar-refractivity contribution in [3.63, 3.8) is 0 Å². The molecule has 0 aromatic heterocycles. The van der Waals surface area contributed by atoms with Crippen LogP contribution in [0.2, 0.25) is 0 Å². The molecule has 5 heteroatoms. The van der Waals surface area contributed by atoms with Crippen molar-refractivity contribution in [2.75, 3.05) is 18.1 Å². The van der Waals surface area contributed by atoms with Gasteiger partial charge >= 0.3 is 5.97 Å². The van der Waals surface area contributed by atoms with Crippen molar-refractivity contribution < 1.29 is 19.8 Å². The molecular weight excluding hydrogens is 246 g/mol. The van der Waals surface area contributed by atoms with Crippen molar-refractivity contribution in [2.24, 2.45) is 5.92 Å². The number of amides is 1. The van der Waals surface area contributed by atoms with Crippen molar-refractivity contribution in [2.45, 2.75) is 19.8 Å². The van der Waals surface area contributed by atoms with E-state index in [9.17, 15) is 9.59 Å². The highest BCUT2D eigenvalue weighted by atomic mass is 16.4. The van der Waals surface area contributed by atoms with Gasteiger partial charge in [-0.15, -0.1) is 0 Å². The summed E-state index contributed by atoms with van der Waals surface area (Å²) >= 11 is 0. The molecule has 5 nitrogen and oxygen atoms in total. The smallest absolute Gasteiger partial charge is 0.335 e. The fourth-order valence-corrected chi connectivity index (χ4v) is 2.26. The normalized spacial score (nSPS) is 16.1. The van der Waals surface area contributed by atoms with Crippen molar-refractivity contribution in [3.05, 3.63) is 29.3 Å². The Morgan fingerprint density at radius 1 is 1.42 bits per heavy atom. The summed E-state index contributed by atoms with van der Waals surface area (Å²) < 4.78 is 0. The van der Waals surface area contributed by atoms with E-state index in [2.05, 4.69) is 0 Å². The van der Waals surface area contributed by atoms with E-state index in [-0.39, 0.29) is 24.0 Å². The first-order valence-electron chi connectivity index (χ1n) is 6.30. The molecule has 1 aromatic rings. The zero-order valence-corrected chi connectivity index (χ0v) is 10.8. The van der Waals surface area contributed by atoms with Gasteiger partial charge in [-0.3, -0.25) is 4.79 Å². The molecule has 2 N–H and O–H groups in total. The van der Waals surface area contributed by atoms with Gasteiger partial charge in [-0.25, -0.2) is 4.79 Å². The van der Waals surface area contributed by atoms with E-state index >= 15 is 0 Å². The number of fused-ring (bicyclic) bond motifs is 1. The first kappa shape index (κ1) is 13.5. The number of carboxylic acid groups (broad SMARTS) is 1. The van der Waals surface area contributed by atoms with Crippen molar-refractivity contribution in [3.8, 4) is 0 Å². The van der Waals surface area contributed by atoms with Gasteiger partial charge in [0.15, 0.2) is 0 Å². The number of aromatic carboxylic acids is 1. The molecule has 0 saturated heterocycles. The average Bonchev–Trinajstić information content (AvgIpc) is 2.41. The molecule has 1 unspecified atom stereocenters. The molecule has 2 rings (SSSR count). The van der Waals surface area contributed by atoms with E-state index in [1.165, 1.54) is 6.07 Å². The number of benzene rings is 1. The molecule has 1 aliphatic heterocycles. The molecule has 0 fully saturated rings. The second-order valence-corrected chi connectivity index (χ2v) is 4.94. The van der Waals surface area contributed by atoms with Crippen LogP contribution in [0, 0.1) is 5.92 Å². The first-order chi connectivity index (χ1) is 9.02. The summed E-state index contributed by atoms with van der Waals surface area (Å²) in [5, 5.41) is 18.1. The Balaban J connectivity index is 2.33. The number of aliphatic hydroxyl groups excluding tert-OH is 1. The fourth-order valence-electron chi connectivity index (χ4n) is 2.26. The van der Waals surface area contributed by atoms with E-state index in [1.54, 1.807) is 17.0 Å². The van der Waals surface area contributed by atoms with Gasteiger partial charge in [0.05, 0.1) is 5.56 Å². The maximum Gasteiger partial charge on any atom is 0.335 e. The summed E-state index contributed by atoms with van der Waals surface area (Å²) in [7, 11) is 0. The number of hydrogen-bond acceptors (Lipinski definition) is 3. The largest absolute Gasteiger partial charge is 0.478 e. The van der Waals surface area contributed by atoms with Gasteiger partial charge in [0.2, 0.25) is 5.91 Å². The van der Waals surface area contributed by atoms with Crippen LogP contribution in [0.3, 0.4) is 0 Å². The highest BCUT2D eigenvalue weighted by Crippen LogP contribution is 2.29. The lowest BCUT2D eigenvalue weighted by Gasteiger charge is -2.31. The van der Waals surface area contributed by atoms with Crippen LogP contribution < -0.4 is 4.90 Å². The molecule has 0 spiro atoms. The van der Waals surface area contributed by atoms with Crippen LogP contribution in [0.15, 0.2) is 18.2 Å². The van der Waals surface area contributed by atoms with Gasteiger partial charge in [0, 0.05) is 25.3 Å². The van der Waals surface area contributed by atoms with E-state index in [1.807, 2.05) is 6.92 Å². The molecule has 0 radical (unpaired) electrons. The second-order valence-electron chi connectivity index (χ2n) is 4.94. The third-order valence-electron chi connectivity index (χ3n) is 3.33. The maximum atomic E-state index is 12.0. The summed E-state index contributed by atoms with van der Waals surface area (Å²) in [6, 6.07) is 4.82. The standard InChI is InChI=1S/C14H17NO4/c1-9(8-16)7-15-12-4-2-11(14(18)19)6-10(12)3-5-13(15)17/h2,4,6,9,16H,3,5,7-8H2,1H3,(H,18,19). The number of carbonyl (C=O) groups is 2. The predicted molar refractivity (Wildman–Crippen MR) is 70.3 cm³/mol. The van der Waals surface area contributed by atoms with Crippen molar-refractivity contribution in [1.29, 1.82) is 0 Å². The molecule has 102 valence electrons. The third kappa shape index (κ3) is 2.76. The van der Waals surface area contributed by atoms with Crippen LogP contribution in [0.1, 0.15) is 29.3 Å². The Bertz CT molecular complexity index is 512. The number of carboxylic acids is 1. The second kappa shape index (κ2) is 5.40. The molecule has 1 atom stereocenters. The van der Waals surface area contributed by atoms with Crippen molar-refractivity contribution >= 4 is 17.6 Å². The molecule has 19 heavy (non-hydrogen) atoms. The molecular formula is C14H17NO4. The minimum Gasteiger partial charge on any atom is -0.478 e. The molecule has 0 bridgehead atoms. The number of rotatable bonds is 4. The minimum absolute atomic E-state index is 0.00551. The molecule has 0 saturated carbocycles. The quantitative estimate of drug-likeness (QED) is 0.858. The topological polar surface area (TPSA) is 77.8 Å². The van der Waals surface area contributed by atoms with Gasteiger partial charge < -0.3 is 15.1 Å². The Morgan fingerprint density at radius 2 is 2.16 bits per heavy atom. The maximum absolute atomic E-state index is 12.0. The fraction of sp³-hybridized carbons (Fsp3) is 0.429. The van der Waals surface area contributed by atoms with E-state index in [0.29, 0.717) is 19.4 Å². The number of hydrogen-bond donors (Lipinski definition) is 2. The molecule has 0 aliphatic carbocycles. The molecule has 1 aromatic carbocycles. The monoisotopic (exact) mass is 263 g/mol. The summed E-state index contributed by atoms with van der Waals surface area (Å²) in [4.78, 5) is 24.5.